The molecule has 1 atom stereocenters. The van der Waals surface area contributed by atoms with E-state index in [0.717, 1.165) is 22.5 Å². The summed E-state index contributed by atoms with van der Waals surface area (Å²) in [4.78, 5) is 14.8. The van der Waals surface area contributed by atoms with Crippen molar-refractivity contribution >= 4 is 29.0 Å². The number of nitrogens with zero attached hydrogens (tertiary/aromatic N) is 1. The molecule has 0 aliphatic carbocycles. The van der Waals surface area contributed by atoms with Crippen molar-refractivity contribution in [1.29, 1.82) is 0 Å². The van der Waals surface area contributed by atoms with Crippen LogP contribution in [-0.2, 0) is 9.53 Å². The van der Waals surface area contributed by atoms with E-state index in [2.05, 4.69) is 5.32 Å². The second-order valence-corrected chi connectivity index (χ2v) is 7.56. The molecule has 2 aliphatic rings. The maximum atomic E-state index is 12.9. The Morgan fingerprint density at radius 1 is 1.13 bits per heavy atom. The SMILES string of the molecule is CCOC(=O)C1=C(C)N(c2ccc3c(c2)OCCO3)C(=S)N[C@H]1c1ccc(C)cc1. The van der Waals surface area contributed by atoms with Crippen LogP contribution in [0.3, 0.4) is 0 Å². The Bertz CT molecular complexity index is 1020. The molecule has 1 N–H and O–H groups in total. The Labute approximate surface area is 181 Å². The third kappa shape index (κ3) is 3.73. The number of hydrogen-bond donors (Lipinski definition) is 1. The van der Waals surface area contributed by atoms with Gasteiger partial charge >= 0.3 is 5.97 Å². The first-order valence-corrected chi connectivity index (χ1v) is 10.3. The maximum Gasteiger partial charge on any atom is 0.338 e. The smallest absolute Gasteiger partial charge is 0.338 e. The van der Waals surface area contributed by atoms with Gasteiger partial charge in [-0.15, -0.1) is 0 Å². The normalized spacial score (nSPS) is 18.2. The highest BCUT2D eigenvalue weighted by Crippen LogP contribution is 2.38. The molecule has 30 heavy (non-hydrogen) atoms. The number of allylic oxidation sites excluding steroid dienone is 1. The van der Waals surface area contributed by atoms with Crippen molar-refractivity contribution in [3.63, 3.8) is 0 Å². The molecular weight excluding hydrogens is 400 g/mol. The van der Waals surface area contributed by atoms with Gasteiger partial charge in [0.05, 0.1) is 23.9 Å². The highest BCUT2D eigenvalue weighted by Gasteiger charge is 2.35. The molecule has 0 spiro atoms. The van der Waals surface area contributed by atoms with Crippen LogP contribution < -0.4 is 19.7 Å². The Kier molecular flexibility index (Phi) is 5.63. The number of carbonyl (C=O) groups is 1. The van der Waals surface area contributed by atoms with Gasteiger partial charge in [0, 0.05) is 11.8 Å². The average molecular weight is 425 g/mol. The summed E-state index contributed by atoms with van der Waals surface area (Å²) >= 11 is 5.70. The van der Waals surface area contributed by atoms with E-state index >= 15 is 0 Å². The Hall–Kier alpha value is -3.06. The zero-order valence-electron chi connectivity index (χ0n) is 17.2. The lowest BCUT2D eigenvalue weighted by Gasteiger charge is -2.37. The molecule has 2 aromatic carbocycles. The first kappa shape index (κ1) is 20.2. The van der Waals surface area contributed by atoms with Crippen LogP contribution in [0.5, 0.6) is 11.5 Å². The van der Waals surface area contributed by atoms with Gasteiger partial charge in [0.25, 0.3) is 0 Å². The first-order valence-electron chi connectivity index (χ1n) is 9.94. The van der Waals surface area contributed by atoms with E-state index < -0.39 is 0 Å². The zero-order chi connectivity index (χ0) is 21.3. The van der Waals surface area contributed by atoms with Crippen LogP contribution >= 0.6 is 12.2 Å². The molecule has 2 aliphatic heterocycles. The van der Waals surface area contributed by atoms with Crippen LogP contribution in [0.1, 0.15) is 31.0 Å². The van der Waals surface area contributed by atoms with Crippen molar-refractivity contribution in [2.45, 2.75) is 26.8 Å². The summed E-state index contributed by atoms with van der Waals surface area (Å²) in [6, 6.07) is 13.3. The summed E-state index contributed by atoms with van der Waals surface area (Å²) in [6.07, 6.45) is 0. The molecule has 0 amide bonds. The predicted octanol–water partition coefficient (Wildman–Crippen LogP) is 4.04. The fourth-order valence-corrected chi connectivity index (χ4v) is 4.07. The van der Waals surface area contributed by atoms with Crippen LogP contribution in [0.15, 0.2) is 53.7 Å². The lowest BCUT2D eigenvalue weighted by atomic mass is 9.94. The van der Waals surface area contributed by atoms with E-state index in [1.807, 2.05) is 61.2 Å². The first-order chi connectivity index (χ1) is 14.5. The van der Waals surface area contributed by atoms with E-state index in [9.17, 15) is 4.79 Å². The number of esters is 1. The van der Waals surface area contributed by atoms with Gasteiger partial charge in [-0.05, 0) is 50.7 Å². The fraction of sp³-hybridized carbons (Fsp3) is 0.304. The van der Waals surface area contributed by atoms with E-state index in [-0.39, 0.29) is 12.0 Å². The summed E-state index contributed by atoms with van der Waals surface area (Å²) in [5, 5.41) is 3.83. The second kappa shape index (κ2) is 8.36. The van der Waals surface area contributed by atoms with Gasteiger partial charge in [0.15, 0.2) is 16.6 Å². The average Bonchev–Trinajstić information content (AvgIpc) is 2.74. The Morgan fingerprint density at radius 3 is 2.53 bits per heavy atom. The Morgan fingerprint density at radius 2 is 1.83 bits per heavy atom. The molecule has 2 heterocycles. The van der Waals surface area contributed by atoms with Crippen molar-refractivity contribution in [3.8, 4) is 11.5 Å². The molecule has 0 saturated heterocycles. The molecule has 156 valence electrons. The molecule has 0 saturated carbocycles. The molecular formula is C23H24N2O4S. The lowest BCUT2D eigenvalue weighted by molar-refractivity contribution is -0.139. The standard InChI is InChI=1S/C23H24N2O4S/c1-4-27-22(26)20-15(3)25(17-9-10-18-19(13-17)29-12-11-28-18)23(30)24-21(20)16-7-5-14(2)6-8-16/h5-10,13,21H,4,11-12H2,1-3H3,(H,24,30)/t21-/m0/s1. The molecule has 0 radical (unpaired) electrons. The van der Waals surface area contributed by atoms with Crippen molar-refractivity contribution < 1.29 is 19.0 Å². The minimum absolute atomic E-state index is 0.296. The lowest BCUT2D eigenvalue weighted by Crippen LogP contribution is -2.48. The number of thiocarbonyl (C=S) groups is 1. The third-order valence-corrected chi connectivity index (χ3v) is 5.48. The second-order valence-electron chi connectivity index (χ2n) is 7.18. The van der Waals surface area contributed by atoms with E-state index in [4.69, 9.17) is 26.4 Å². The third-order valence-electron chi connectivity index (χ3n) is 5.17. The van der Waals surface area contributed by atoms with Crippen LogP contribution in [0.2, 0.25) is 0 Å². The molecule has 0 bridgehead atoms. The van der Waals surface area contributed by atoms with Gasteiger partial charge in [-0.3, -0.25) is 4.90 Å². The number of rotatable bonds is 4. The van der Waals surface area contributed by atoms with Gasteiger partial charge in [-0.1, -0.05) is 29.8 Å². The fourth-order valence-electron chi connectivity index (χ4n) is 3.71. The van der Waals surface area contributed by atoms with E-state index in [1.165, 1.54) is 0 Å². The number of aryl methyl sites for hydroxylation is 1. The monoisotopic (exact) mass is 424 g/mol. The van der Waals surface area contributed by atoms with Gasteiger partial charge in [0.1, 0.15) is 13.2 Å². The highest BCUT2D eigenvalue weighted by molar-refractivity contribution is 7.80. The highest BCUT2D eigenvalue weighted by atomic mass is 32.1. The number of ether oxygens (including phenoxy) is 3. The van der Waals surface area contributed by atoms with Crippen molar-refractivity contribution in [2.24, 2.45) is 0 Å². The Balaban J connectivity index is 1.79. The van der Waals surface area contributed by atoms with Crippen molar-refractivity contribution in [2.75, 3.05) is 24.7 Å². The summed E-state index contributed by atoms with van der Waals surface area (Å²) in [7, 11) is 0. The minimum atomic E-state index is -0.384. The molecule has 0 fully saturated rings. The molecule has 0 aromatic heterocycles. The van der Waals surface area contributed by atoms with Gasteiger partial charge < -0.3 is 19.5 Å². The number of hydrogen-bond acceptors (Lipinski definition) is 5. The number of benzene rings is 2. The van der Waals surface area contributed by atoms with Crippen LogP contribution in [0.4, 0.5) is 5.69 Å². The van der Waals surface area contributed by atoms with E-state index in [1.54, 1.807) is 6.92 Å². The zero-order valence-corrected chi connectivity index (χ0v) is 18.0. The summed E-state index contributed by atoms with van der Waals surface area (Å²) in [6.45, 7) is 7.04. The van der Waals surface area contributed by atoms with Crippen LogP contribution in [0, 0.1) is 6.92 Å². The number of anilines is 1. The van der Waals surface area contributed by atoms with Gasteiger partial charge in [-0.25, -0.2) is 4.79 Å². The predicted molar refractivity (Wildman–Crippen MR) is 119 cm³/mol. The van der Waals surface area contributed by atoms with Crippen molar-refractivity contribution in [1.82, 2.24) is 5.32 Å². The van der Waals surface area contributed by atoms with E-state index in [0.29, 0.717) is 42.0 Å². The molecule has 2 aromatic rings. The molecule has 7 heteroatoms. The van der Waals surface area contributed by atoms with Crippen LogP contribution in [0.25, 0.3) is 0 Å². The maximum absolute atomic E-state index is 12.9. The molecule has 4 rings (SSSR count). The quantitative estimate of drug-likeness (QED) is 0.587. The van der Waals surface area contributed by atoms with Gasteiger partial charge in [-0.2, -0.15) is 0 Å². The van der Waals surface area contributed by atoms with Crippen LogP contribution in [-0.4, -0.2) is 30.9 Å². The number of carbonyl (C=O) groups excluding carboxylic acids is 1. The van der Waals surface area contributed by atoms with Crippen molar-refractivity contribution in [3.05, 3.63) is 64.9 Å². The number of fused-ring (bicyclic) bond motifs is 1. The minimum Gasteiger partial charge on any atom is -0.486 e. The largest absolute Gasteiger partial charge is 0.486 e. The number of nitrogens with one attached hydrogen (secondary N) is 1. The summed E-state index contributed by atoms with van der Waals surface area (Å²) in [5.74, 6) is 0.997. The topological polar surface area (TPSA) is 60.0 Å². The summed E-state index contributed by atoms with van der Waals surface area (Å²) in [5.41, 5.74) is 4.14. The molecule has 0 unspecified atom stereocenters. The summed E-state index contributed by atoms with van der Waals surface area (Å²) < 4.78 is 16.7. The van der Waals surface area contributed by atoms with Gasteiger partial charge in [0.2, 0.25) is 0 Å². The molecule has 6 nitrogen and oxygen atoms in total.